The molecule has 2 aromatic rings. The lowest BCUT2D eigenvalue weighted by atomic mass is 10.0. The van der Waals surface area contributed by atoms with E-state index in [1.807, 2.05) is 30.3 Å². The Bertz CT molecular complexity index is 731. The Morgan fingerprint density at radius 2 is 1.88 bits per heavy atom. The van der Waals surface area contributed by atoms with Gasteiger partial charge in [0.2, 0.25) is 0 Å². The SMILES string of the molecule is O=C(NC[C@@H]1[C@@H]2Cc3ccccc3[C@H]12)N[C@H](CO)c1ccccc1. The quantitative estimate of drug-likeness (QED) is 0.792. The molecule has 2 aromatic carbocycles. The molecular formula is C20H22N2O2. The van der Waals surface area contributed by atoms with Crippen LogP contribution in [0.25, 0.3) is 0 Å². The summed E-state index contributed by atoms with van der Waals surface area (Å²) in [6.07, 6.45) is 1.14. The van der Waals surface area contributed by atoms with Crippen LogP contribution in [0.1, 0.15) is 28.7 Å². The number of benzene rings is 2. The minimum atomic E-state index is -0.370. The summed E-state index contributed by atoms with van der Waals surface area (Å²) in [4.78, 5) is 12.1. The molecule has 4 rings (SSSR count). The van der Waals surface area contributed by atoms with Gasteiger partial charge in [0.15, 0.2) is 0 Å². The fourth-order valence-electron chi connectivity index (χ4n) is 4.10. The minimum absolute atomic E-state index is 0.112. The Morgan fingerprint density at radius 1 is 1.12 bits per heavy atom. The first kappa shape index (κ1) is 15.2. The van der Waals surface area contributed by atoms with Gasteiger partial charge in [-0.3, -0.25) is 0 Å². The zero-order valence-corrected chi connectivity index (χ0v) is 13.5. The molecule has 0 saturated heterocycles. The minimum Gasteiger partial charge on any atom is -0.394 e. The van der Waals surface area contributed by atoms with Gasteiger partial charge >= 0.3 is 6.03 Å². The van der Waals surface area contributed by atoms with Crippen molar-refractivity contribution in [3.05, 3.63) is 71.3 Å². The molecule has 0 aliphatic heterocycles. The number of nitrogens with one attached hydrogen (secondary N) is 2. The number of urea groups is 1. The van der Waals surface area contributed by atoms with Crippen LogP contribution in [0.2, 0.25) is 0 Å². The lowest BCUT2D eigenvalue weighted by molar-refractivity contribution is 0.216. The smallest absolute Gasteiger partial charge is 0.315 e. The van der Waals surface area contributed by atoms with Gasteiger partial charge < -0.3 is 15.7 Å². The predicted octanol–water partition coefficient (Wildman–Crippen LogP) is 2.61. The molecule has 0 unspecified atom stereocenters. The van der Waals surface area contributed by atoms with Gasteiger partial charge in [0.25, 0.3) is 0 Å². The number of aliphatic hydroxyl groups excluding tert-OH is 1. The first-order chi connectivity index (χ1) is 11.8. The van der Waals surface area contributed by atoms with Crippen molar-refractivity contribution >= 4 is 6.03 Å². The fourth-order valence-corrected chi connectivity index (χ4v) is 4.10. The summed E-state index contributed by atoms with van der Waals surface area (Å²) in [5.74, 6) is 1.85. The molecule has 0 heterocycles. The second kappa shape index (κ2) is 6.29. The van der Waals surface area contributed by atoms with Gasteiger partial charge in [-0.15, -0.1) is 0 Å². The lowest BCUT2D eigenvalue weighted by Crippen LogP contribution is -2.40. The molecule has 4 nitrogen and oxygen atoms in total. The van der Waals surface area contributed by atoms with E-state index in [4.69, 9.17) is 0 Å². The number of hydrogen-bond acceptors (Lipinski definition) is 2. The maximum Gasteiger partial charge on any atom is 0.315 e. The van der Waals surface area contributed by atoms with Gasteiger partial charge in [-0.25, -0.2) is 4.79 Å². The Balaban J connectivity index is 1.29. The van der Waals surface area contributed by atoms with Gasteiger partial charge in [-0.05, 0) is 40.9 Å². The summed E-state index contributed by atoms with van der Waals surface area (Å²) in [6, 6.07) is 17.6. The van der Waals surface area contributed by atoms with Crippen molar-refractivity contribution in [3.8, 4) is 0 Å². The van der Waals surface area contributed by atoms with Crippen LogP contribution in [0, 0.1) is 11.8 Å². The second-order valence-corrected chi connectivity index (χ2v) is 6.76. The molecule has 2 aliphatic rings. The van der Waals surface area contributed by atoms with Crippen LogP contribution in [0.5, 0.6) is 0 Å². The molecule has 124 valence electrons. The van der Waals surface area contributed by atoms with Crippen LogP contribution in [0.3, 0.4) is 0 Å². The highest BCUT2D eigenvalue weighted by molar-refractivity contribution is 5.74. The molecule has 4 atom stereocenters. The molecule has 0 radical (unpaired) electrons. The molecule has 2 amide bonds. The van der Waals surface area contributed by atoms with Crippen LogP contribution >= 0.6 is 0 Å². The number of fused-ring (bicyclic) bond motifs is 3. The lowest BCUT2D eigenvalue weighted by Gasteiger charge is -2.17. The van der Waals surface area contributed by atoms with E-state index in [0.29, 0.717) is 24.3 Å². The number of hydrogen-bond donors (Lipinski definition) is 3. The second-order valence-electron chi connectivity index (χ2n) is 6.76. The van der Waals surface area contributed by atoms with E-state index in [9.17, 15) is 9.90 Å². The van der Waals surface area contributed by atoms with Crippen molar-refractivity contribution in [2.45, 2.75) is 18.4 Å². The molecule has 3 N–H and O–H groups in total. The highest BCUT2D eigenvalue weighted by Crippen LogP contribution is 2.60. The topological polar surface area (TPSA) is 61.4 Å². The number of amides is 2. The zero-order chi connectivity index (χ0) is 16.5. The normalized spacial score (nSPS) is 24.6. The molecule has 0 bridgehead atoms. The van der Waals surface area contributed by atoms with E-state index in [1.54, 1.807) is 0 Å². The van der Waals surface area contributed by atoms with Crippen LogP contribution in [0.15, 0.2) is 54.6 Å². The Morgan fingerprint density at radius 3 is 2.67 bits per heavy atom. The molecule has 24 heavy (non-hydrogen) atoms. The molecule has 0 spiro atoms. The van der Waals surface area contributed by atoms with Gasteiger partial charge in [-0.1, -0.05) is 54.6 Å². The van der Waals surface area contributed by atoms with E-state index in [2.05, 4.69) is 34.9 Å². The molecule has 0 aromatic heterocycles. The molecule has 2 aliphatic carbocycles. The zero-order valence-electron chi connectivity index (χ0n) is 13.5. The monoisotopic (exact) mass is 322 g/mol. The van der Waals surface area contributed by atoms with E-state index >= 15 is 0 Å². The van der Waals surface area contributed by atoms with Crippen molar-refractivity contribution in [3.63, 3.8) is 0 Å². The maximum atomic E-state index is 12.1. The summed E-state index contributed by atoms with van der Waals surface area (Å²) in [5, 5.41) is 15.3. The Labute approximate surface area is 141 Å². The van der Waals surface area contributed by atoms with Crippen LogP contribution in [-0.2, 0) is 6.42 Å². The van der Waals surface area contributed by atoms with Crippen molar-refractivity contribution < 1.29 is 9.90 Å². The van der Waals surface area contributed by atoms with Crippen LogP contribution in [0.4, 0.5) is 4.79 Å². The number of carbonyl (C=O) groups excluding carboxylic acids is 1. The highest BCUT2D eigenvalue weighted by atomic mass is 16.3. The average molecular weight is 322 g/mol. The first-order valence-corrected chi connectivity index (χ1v) is 8.56. The number of aliphatic hydroxyl groups is 1. The van der Waals surface area contributed by atoms with E-state index < -0.39 is 0 Å². The number of carbonyl (C=O) groups is 1. The first-order valence-electron chi connectivity index (χ1n) is 8.56. The molecule has 1 fully saturated rings. The fraction of sp³-hybridized carbons (Fsp3) is 0.350. The molecular weight excluding hydrogens is 300 g/mol. The third-order valence-corrected chi connectivity index (χ3v) is 5.39. The van der Waals surface area contributed by atoms with Gasteiger partial charge in [0.05, 0.1) is 12.6 Å². The van der Waals surface area contributed by atoms with Gasteiger partial charge in [0, 0.05) is 6.54 Å². The third-order valence-electron chi connectivity index (χ3n) is 5.39. The highest BCUT2D eigenvalue weighted by Gasteiger charge is 2.54. The average Bonchev–Trinajstić information content (AvgIpc) is 3.17. The number of rotatable bonds is 5. The molecule has 4 heteroatoms. The van der Waals surface area contributed by atoms with Crippen molar-refractivity contribution in [2.24, 2.45) is 11.8 Å². The Hall–Kier alpha value is -2.33. The van der Waals surface area contributed by atoms with E-state index in [1.165, 1.54) is 11.1 Å². The van der Waals surface area contributed by atoms with Crippen LogP contribution < -0.4 is 10.6 Å². The maximum absolute atomic E-state index is 12.1. The summed E-state index contributed by atoms with van der Waals surface area (Å²) >= 11 is 0. The summed E-state index contributed by atoms with van der Waals surface area (Å²) in [7, 11) is 0. The summed E-state index contributed by atoms with van der Waals surface area (Å²) < 4.78 is 0. The van der Waals surface area contributed by atoms with E-state index in [0.717, 1.165) is 12.0 Å². The summed E-state index contributed by atoms with van der Waals surface area (Å²) in [6.45, 7) is 0.585. The third kappa shape index (κ3) is 2.78. The molecule has 1 saturated carbocycles. The van der Waals surface area contributed by atoms with Gasteiger partial charge in [-0.2, -0.15) is 0 Å². The van der Waals surface area contributed by atoms with Crippen molar-refractivity contribution in [1.82, 2.24) is 10.6 Å². The Kier molecular flexibility index (Phi) is 3.98. The van der Waals surface area contributed by atoms with Crippen LogP contribution in [-0.4, -0.2) is 24.3 Å². The standard InChI is InChI=1S/C20H22N2O2/c23-12-18(13-6-2-1-3-7-13)22-20(24)21-11-17-16-10-14-8-4-5-9-15(14)19(16)17/h1-9,16-19,23H,10-12H2,(H2,21,22,24)/t16-,17+,18+,19-/m0/s1. The largest absolute Gasteiger partial charge is 0.394 e. The van der Waals surface area contributed by atoms with Crippen molar-refractivity contribution in [2.75, 3.05) is 13.2 Å². The van der Waals surface area contributed by atoms with Gasteiger partial charge in [0.1, 0.15) is 0 Å². The summed E-state index contributed by atoms with van der Waals surface area (Å²) in [5.41, 5.74) is 3.84. The van der Waals surface area contributed by atoms with Crippen molar-refractivity contribution in [1.29, 1.82) is 0 Å². The predicted molar refractivity (Wildman–Crippen MR) is 92.7 cm³/mol. The van der Waals surface area contributed by atoms with E-state index in [-0.39, 0.29) is 18.7 Å².